The number of carbonyl (C=O) groups is 4. The van der Waals surface area contributed by atoms with Gasteiger partial charge in [-0.05, 0) is 39.0 Å². The molecule has 3 amide bonds. The quantitative estimate of drug-likeness (QED) is 0.169. The Labute approximate surface area is 223 Å². The Balaban J connectivity index is 2.28. The molecule has 0 bridgehead atoms. The van der Waals surface area contributed by atoms with Gasteiger partial charge in [-0.3, -0.25) is 19.2 Å². The summed E-state index contributed by atoms with van der Waals surface area (Å²) in [6.07, 6.45) is -4.73. The van der Waals surface area contributed by atoms with Crippen molar-refractivity contribution in [3.8, 4) is 0 Å². The van der Waals surface area contributed by atoms with Crippen LogP contribution >= 0.6 is 11.6 Å². The maximum Gasteiger partial charge on any atom is 0.416 e. The molecule has 0 unspecified atom stereocenters. The zero-order chi connectivity index (χ0) is 28.8. The van der Waals surface area contributed by atoms with Crippen molar-refractivity contribution in [3.05, 3.63) is 29.3 Å². The molecule has 214 valence electrons. The van der Waals surface area contributed by atoms with Crippen LogP contribution in [0.15, 0.2) is 18.2 Å². The third kappa shape index (κ3) is 14.7. The number of rotatable bonds is 15. The van der Waals surface area contributed by atoms with Crippen molar-refractivity contribution in [1.82, 2.24) is 10.6 Å². The van der Waals surface area contributed by atoms with E-state index in [0.29, 0.717) is 12.1 Å². The third-order valence-electron chi connectivity index (χ3n) is 4.38. The molecule has 0 aromatic heterocycles. The average molecular weight is 568 g/mol. The van der Waals surface area contributed by atoms with Crippen molar-refractivity contribution in [2.75, 3.05) is 50.7 Å². The van der Waals surface area contributed by atoms with Crippen LogP contribution in [0.5, 0.6) is 0 Å². The van der Waals surface area contributed by atoms with Gasteiger partial charge < -0.3 is 30.2 Å². The molecule has 0 aliphatic rings. The summed E-state index contributed by atoms with van der Waals surface area (Å²) in [7, 11) is 0. The Bertz CT molecular complexity index is 953. The second-order valence-electron chi connectivity index (χ2n) is 8.90. The highest BCUT2D eigenvalue weighted by Crippen LogP contribution is 2.32. The van der Waals surface area contributed by atoms with Crippen LogP contribution in [0.4, 0.5) is 18.9 Å². The minimum Gasteiger partial charge on any atom is -0.460 e. The minimum atomic E-state index is -4.75. The molecule has 1 aromatic carbocycles. The zero-order valence-electron chi connectivity index (χ0n) is 21.5. The number of anilines is 1. The highest BCUT2D eigenvalue weighted by atomic mass is 35.5. The van der Waals surface area contributed by atoms with Gasteiger partial charge in [-0.15, -0.1) is 11.6 Å². The molecule has 10 nitrogen and oxygen atoms in total. The number of amides is 3. The fraction of sp³-hybridized carbons (Fsp3) is 0.583. The Morgan fingerprint density at radius 3 is 2.11 bits per heavy atom. The average Bonchev–Trinajstić information content (AvgIpc) is 2.80. The molecule has 0 saturated carbocycles. The van der Waals surface area contributed by atoms with E-state index in [4.69, 9.17) is 25.8 Å². The number of halogens is 4. The fourth-order valence-electron chi connectivity index (χ4n) is 2.80. The van der Waals surface area contributed by atoms with E-state index in [1.807, 2.05) is 0 Å². The summed E-state index contributed by atoms with van der Waals surface area (Å²) in [4.78, 5) is 47.2. The number of nitrogens with one attached hydrogen (secondary N) is 3. The predicted molar refractivity (Wildman–Crippen MR) is 133 cm³/mol. The standard InChI is InChI=1S/C24H33ClF3N3O7/c1-23(2,3)38-21(34)5-8-36-10-11-37-9-7-29-19(32)4-6-30-22(35)16-12-17(24(26,27)28)14-18(13-16)31-20(33)15-25/h12-14H,4-11,15H2,1-3H3,(H,29,32)(H,30,35)(H,31,33). The molecule has 3 N–H and O–H groups in total. The first-order valence-corrected chi connectivity index (χ1v) is 12.2. The Hall–Kier alpha value is -2.90. The SMILES string of the molecule is CC(C)(C)OC(=O)CCOCCOCCNC(=O)CCNC(=O)c1cc(NC(=O)CCl)cc(C(F)(F)F)c1. The first-order valence-electron chi connectivity index (χ1n) is 11.7. The second kappa shape index (κ2) is 16.1. The van der Waals surface area contributed by atoms with Gasteiger partial charge in [-0.2, -0.15) is 13.2 Å². The molecule has 0 saturated heterocycles. The van der Waals surface area contributed by atoms with Crippen LogP contribution in [-0.4, -0.2) is 74.7 Å². The third-order valence-corrected chi connectivity index (χ3v) is 4.62. The van der Waals surface area contributed by atoms with E-state index >= 15 is 0 Å². The van der Waals surface area contributed by atoms with E-state index in [9.17, 15) is 32.3 Å². The van der Waals surface area contributed by atoms with Gasteiger partial charge in [0.25, 0.3) is 5.91 Å². The molecule has 38 heavy (non-hydrogen) atoms. The normalized spacial score (nSPS) is 11.6. The molecule has 0 spiro atoms. The molecular weight excluding hydrogens is 535 g/mol. The molecular formula is C24H33ClF3N3O7. The number of ether oxygens (including phenoxy) is 3. The highest BCUT2D eigenvalue weighted by molar-refractivity contribution is 6.29. The van der Waals surface area contributed by atoms with Gasteiger partial charge in [-0.25, -0.2) is 0 Å². The van der Waals surface area contributed by atoms with Crippen molar-refractivity contribution >= 4 is 41.0 Å². The van der Waals surface area contributed by atoms with Crippen molar-refractivity contribution in [1.29, 1.82) is 0 Å². The summed E-state index contributed by atoms with van der Waals surface area (Å²) in [5, 5.41) is 7.12. The van der Waals surface area contributed by atoms with Crippen LogP contribution in [-0.2, 0) is 34.8 Å². The van der Waals surface area contributed by atoms with E-state index in [-0.39, 0.29) is 69.6 Å². The molecule has 0 heterocycles. The number of carbonyl (C=O) groups excluding carboxylic acids is 4. The summed E-state index contributed by atoms with van der Waals surface area (Å²) in [5.74, 6) is -2.81. The maximum atomic E-state index is 13.2. The topological polar surface area (TPSA) is 132 Å². The summed E-state index contributed by atoms with van der Waals surface area (Å²) >= 11 is 5.36. The summed E-state index contributed by atoms with van der Waals surface area (Å²) < 4.78 is 55.2. The van der Waals surface area contributed by atoms with E-state index in [1.54, 1.807) is 20.8 Å². The minimum absolute atomic E-state index is 0.117. The molecule has 1 rings (SSSR count). The van der Waals surface area contributed by atoms with Crippen molar-refractivity contribution in [3.63, 3.8) is 0 Å². The van der Waals surface area contributed by atoms with Gasteiger partial charge in [0.15, 0.2) is 0 Å². The van der Waals surface area contributed by atoms with E-state index in [1.165, 1.54) is 0 Å². The predicted octanol–water partition coefficient (Wildman–Crippen LogP) is 2.88. The van der Waals surface area contributed by atoms with Crippen LogP contribution in [0.2, 0.25) is 0 Å². The second-order valence-corrected chi connectivity index (χ2v) is 9.16. The Kier molecular flexibility index (Phi) is 14.1. The molecule has 1 aromatic rings. The maximum absolute atomic E-state index is 13.2. The lowest BCUT2D eigenvalue weighted by molar-refractivity contribution is -0.156. The lowest BCUT2D eigenvalue weighted by Crippen LogP contribution is -2.32. The first kappa shape index (κ1) is 33.1. The van der Waals surface area contributed by atoms with E-state index in [2.05, 4.69) is 16.0 Å². The zero-order valence-corrected chi connectivity index (χ0v) is 22.2. The fourth-order valence-corrected chi connectivity index (χ4v) is 2.87. The van der Waals surface area contributed by atoms with Crippen molar-refractivity contribution in [2.45, 2.75) is 45.4 Å². The molecule has 0 aliphatic carbocycles. The number of alkyl halides is 4. The van der Waals surface area contributed by atoms with Crippen LogP contribution in [0.25, 0.3) is 0 Å². The Morgan fingerprint density at radius 1 is 0.842 bits per heavy atom. The summed E-state index contributed by atoms with van der Waals surface area (Å²) in [6.45, 7) is 6.31. The molecule has 0 radical (unpaired) electrons. The summed E-state index contributed by atoms with van der Waals surface area (Å²) in [6, 6.07) is 2.41. The number of benzene rings is 1. The van der Waals surface area contributed by atoms with Crippen LogP contribution in [0.3, 0.4) is 0 Å². The molecule has 0 aliphatic heterocycles. The van der Waals surface area contributed by atoms with Crippen LogP contribution in [0.1, 0.15) is 49.5 Å². The largest absolute Gasteiger partial charge is 0.460 e. The van der Waals surface area contributed by atoms with Gasteiger partial charge in [0.1, 0.15) is 11.5 Å². The summed E-state index contributed by atoms with van der Waals surface area (Å²) in [5.41, 5.74) is -2.25. The van der Waals surface area contributed by atoms with Crippen LogP contribution in [0, 0.1) is 0 Å². The molecule has 0 fully saturated rings. The van der Waals surface area contributed by atoms with Crippen LogP contribution < -0.4 is 16.0 Å². The smallest absolute Gasteiger partial charge is 0.416 e. The van der Waals surface area contributed by atoms with E-state index in [0.717, 1.165) is 6.07 Å². The first-order chi connectivity index (χ1) is 17.7. The van der Waals surface area contributed by atoms with Crippen molar-refractivity contribution in [2.24, 2.45) is 0 Å². The number of hydrogen-bond acceptors (Lipinski definition) is 7. The number of hydrogen-bond donors (Lipinski definition) is 3. The van der Waals surface area contributed by atoms with Gasteiger partial charge in [0, 0.05) is 30.8 Å². The lowest BCUT2D eigenvalue weighted by atomic mass is 10.1. The monoisotopic (exact) mass is 567 g/mol. The van der Waals surface area contributed by atoms with E-state index < -0.39 is 40.9 Å². The number of esters is 1. The highest BCUT2D eigenvalue weighted by Gasteiger charge is 2.32. The van der Waals surface area contributed by atoms with Gasteiger partial charge in [0.05, 0.1) is 38.4 Å². The van der Waals surface area contributed by atoms with Crippen molar-refractivity contribution < 1.29 is 46.6 Å². The molecule has 0 atom stereocenters. The van der Waals surface area contributed by atoms with Gasteiger partial charge >= 0.3 is 12.1 Å². The molecule has 14 heteroatoms. The lowest BCUT2D eigenvalue weighted by Gasteiger charge is -2.19. The van der Waals surface area contributed by atoms with Gasteiger partial charge in [0.2, 0.25) is 11.8 Å². The Morgan fingerprint density at radius 2 is 1.50 bits per heavy atom. The van der Waals surface area contributed by atoms with Gasteiger partial charge in [-0.1, -0.05) is 0 Å².